The fourth-order valence-electron chi connectivity index (χ4n) is 2.00. The lowest BCUT2D eigenvalue weighted by atomic mass is 10.1. The predicted molar refractivity (Wildman–Crippen MR) is 70.9 cm³/mol. The molecule has 0 atom stereocenters. The third-order valence-corrected chi connectivity index (χ3v) is 2.97. The van der Waals surface area contributed by atoms with E-state index in [9.17, 15) is 4.79 Å². The van der Waals surface area contributed by atoms with Crippen molar-refractivity contribution < 1.29 is 9.53 Å². The number of hydrogen-bond acceptors (Lipinski definition) is 6. The second kappa shape index (κ2) is 4.69. The summed E-state index contributed by atoms with van der Waals surface area (Å²) in [5.74, 6) is -0.541. The van der Waals surface area contributed by atoms with Crippen molar-refractivity contribution in [1.82, 2.24) is 24.5 Å². The highest BCUT2D eigenvalue weighted by Crippen LogP contribution is 2.26. The smallest absolute Gasteiger partial charge is 0.358 e. The van der Waals surface area contributed by atoms with Crippen LogP contribution in [0.25, 0.3) is 22.3 Å². The quantitative estimate of drug-likeness (QED) is 0.650. The van der Waals surface area contributed by atoms with Crippen LogP contribution in [0.1, 0.15) is 10.5 Å². The number of pyridine rings is 1. The van der Waals surface area contributed by atoms with Crippen molar-refractivity contribution in [1.29, 1.82) is 0 Å². The van der Waals surface area contributed by atoms with Gasteiger partial charge in [0.2, 0.25) is 0 Å². The second-order valence-electron chi connectivity index (χ2n) is 4.16. The van der Waals surface area contributed by atoms with E-state index in [-0.39, 0.29) is 5.69 Å². The SMILES string of the molecule is COC(=O)c1nccnc1-c1cncc2c1ncn2C. The number of ether oxygens (including phenoxy) is 1. The number of aromatic nitrogens is 5. The third-order valence-electron chi connectivity index (χ3n) is 2.97. The largest absolute Gasteiger partial charge is 0.464 e. The summed E-state index contributed by atoms with van der Waals surface area (Å²) >= 11 is 0. The molecule has 7 nitrogen and oxygen atoms in total. The van der Waals surface area contributed by atoms with Gasteiger partial charge in [0.25, 0.3) is 0 Å². The van der Waals surface area contributed by atoms with Crippen molar-refractivity contribution in [3.63, 3.8) is 0 Å². The summed E-state index contributed by atoms with van der Waals surface area (Å²) in [6.45, 7) is 0. The fraction of sp³-hybridized carbons (Fsp3) is 0.154. The van der Waals surface area contributed by atoms with Gasteiger partial charge >= 0.3 is 5.97 Å². The Labute approximate surface area is 114 Å². The van der Waals surface area contributed by atoms with Gasteiger partial charge in [-0.25, -0.2) is 14.8 Å². The van der Waals surface area contributed by atoms with Gasteiger partial charge in [-0.1, -0.05) is 0 Å². The highest BCUT2D eigenvalue weighted by Gasteiger charge is 2.19. The molecule has 20 heavy (non-hydrogen) atoms. The van der Waals surface area contributed by atoms with E-state index in [1.807, 2.05) is 11.6 Å². The molecule has 3 aromatic heterocycles. The molecule has 0 aliphatic rings. The minimum atomic E-state index is -0.541. The zero-order chi connectivity index (χ0) is 14.1. The first-order chi connectivity index (χ1) is 9.72. The van der Waals surface area contributed by atoms with Gasteiger partial charge in [0, 0.05) is 31.2 Å². The second-order valence-corrected chi connectivity index (χ2v) is 4.16. The number of methoxy groups -OCH3 is 1. The average molecular weight is 269 g/mol. The number of esters is 1. The van der Waals surface area contributed by atoms with Gasteiger partial charge in [-0.3, -0.25) is 9.97 Å². The summed E-state index contributed by atoms with van der Waals surface area (Å²) in [4.78, 5) is 28.5. The van der Waals surface area contributed by atoms with E-state index < -0.39 is 5.97 Å². The standard InChI is InChI=1S/C13H11N5O2/c1-18-7-17-10-8(5-14-6-9(10)18)11-12(13(19)20-2)16-4-3-15-11/h3-7H,1-2H3. The normalized spacial score (nSPS) is 10.7. The summed E-state index contributed by atoms with van der Waals surface area (Å²) < 4.78 is 6.58. The molecule has 0 spiro atoms. The highest BCUT2D eigenvalue weighted by molar-refractivity contribution is 5.99. The predicted octanol–water partition coefficient (Wildman–Crippen LogP) is 1.21. The molecule has 0 aromatic carbocycles. The Kier molecular flexibility index (Phi) is 2.86. The summed E-state index contributed by atoms with van der Waals surface area (Å²) in [6.07, 6.45) is 7.97. The Balaban J connectivity index is 2.29. The molecular formula is C13H11N5O2. The molecule has 100 valence electrons. The molecule has 0 saturated carbocycles. The van der Waals surface area contributed by atoms with E-state index in [1.165, 1.54) is 19.5 Å². The minimum Gasteiger partial charge on any atom is -0.464 e. The number of aryl methyl sites for hydroxylation is 1. The van der Waals surface area contributed by atoms with Crippen LogP contribution in [0.3, 0.4) is 0 Å². The Bertz CT molecular complexity index is 796. The van der Waals surface area contributed by atoms with Crippen molar-refractivity contribution in [2.24, 2.45) is 7.05 Å². The molecule has 7 heteroatoms. The van der Waals surface area contributed by atoms with Crippen LogP contribution in [0.5, 0.6) is 0 Å². The highest BCUT2D eigenvalue weighted by atomic mass is 16.5. The average Bonchev–Trinajstić information content (AvgIpc) is 2.88. The monoisotopic (exact) mass is 269 g/mol. The van der Waals surface area contributed by atoms with E-state index in [0.29, 0.717) is 16.8 Å². The number of fused-ring (bicyclic) bond motifs is 1. The lowest BCUT2D eigenvalue weighted by molar-refractivity contribution is 0.0594. The van der Waals surface area contributed by atoms with Crippen molar-refractivity contribution in [2.45, 2.75) is 0 Å². The van der Waals surface area contributed by atoms with Crippen molar-refractivity contribution >= 4 is 17.0 Å². The Morgan fingerprint density at radius 3 is 2.80 bits per heavy atom. The first-order valence-corrected chi connectivity index (χ1v) is 5.87. The number of carbonyl (C=O) groups is 1. The van der Waals surface area contributed by atoms with E-state index >= 15 is 0 Å². The number of imidazole rings is 1. The number of hydrogen-bond donors (Lipinski definition) is 0. The van der Waals surface area contributed by atoms with Gasteiger partial charge in [0.15, 0.2) is 5.69 Å². The number of nitrogens with zero attached hydrogens (tertiary/aromatic N) is 5. The maximum absolute atomic E-state index is 11.8. The fourth-order valence-corrected chi connectivity index (χ4v) is 2.00. The summed E-state index contributed by atoms with van der Waals surface area (Å²) in [6, 6.07) is 0. The van der Waals surface area contributed by atoms with Gasteiger partial charge in [0.1, 0.15) is 11.2 Å². The van der Waals surface area contributed by atoms with Crippen LogP contribution in [0.4, 0.5) is 0 Å². The van der Waals surface area contributed by atoms with Crippen LogP contribution >= 0.6 is 0 Å². The van der Waals surface area contributed by atoms with Crippen molar-refractivity contribution in [2.75, 3.05) is 7.11 Å². The number of carbonyl (C=O) groups excluding carboxylic acids is 1. The van der Waals surface area contributed by atoms with Crippen LogP contribution in [0, 0.1) is 0 Å². The number of rotatable bonds is 2. The van der Waals surface area contributed by atoms with Crippen LogP contribution in [0.15, 0.2) is 31.1 Å². The summed E-state index contributed by atoms with van der Waals surface area (Å²) in [7, 11) is 3.18. The molecule has 0 aliphatic carbocycles. The van der Waals surface area contributed by atoms with Gasteiger partial charge in [0.05, 0.1) is 25.2 Å². The molecule has 0 radical (unpaired) electrons. The van der Waals surface area contributed by atoms with Crippen LogP contribution < -0.4 is 0 Å². The Morgan fingerprint density at radius 1 is 1.20 bits per heavy atom. The zero-order valence-corrected chi connectivity index (χ0v) is 10.9. The van der Waals surface area contributed by atoms with E-state index in [1.54, 1.807) is 18.7 Å². The van der Waals surface area contributed by atoms with E-state index in [4.69, 9.17) is 4.74 Å². The summed E-state index contributed by atoms with van der Waals surface area (Å²) in [5.41, 5.74) is 2.78. The third kappa shape index (κ3) is 1.80. The molecule has 0 saturated heterocycles. The minimum absolute atomic E-state index is 0.148. The summed E-state index contributed by atoms with van der Waals surface area (Å²) in [5, 5.41) is 0. The van der Waals surface area contributed by atoms with Crippen LogP contribution in [-0.4, -0.2) is 37.6 Å². The Morgan fingerprint density at radius 2 is 2.00 bits per heavy atom. The van der Waals surface area contributed by atoms with Crippen molar-refractivity contribution in [3.05, 3.63) is 36.8 Å². The maximum atomic E-state index is 11.8. The molecule has 0 N–H and O–H groups in total. The van der Waals surface area contributed by atoms with E-state index in [0.717, 1.165) is 5.52 Å². The van der Waals surface area contributed by atoms with E-state index in [2.05, 4.69) is 19.9 Å². The molecule has 0 amide bonds. The molecular weight excluding hydrogens is 258 g/mol. The topological polar surface area (TPSA) is 82.8 Å². The van der Waals surface area contributed by atoms with Gasteiger partial charge in [-0.2, -0.15) is 0 Å². The molecule has 3 aromatic rings. The van der Waals surface area contributed by atoms with Crippen LogP contribution in [0.2, 0.25) is 0 Å². The molecule has 3 rings (SSSR count). The molecule has 0 aliphatic heterocycles. The van der Waals surface area contributed by atoms with Gasteiger partial charge in [-0.15, -0.1) is 0 Å². The van der Waals surface area contributed by atoms with Gasteiger partial charge < -0.3 is 9.30 Å². The molecule has 0 fully saturated rings. The molecule has 0 bridgehead atoms. The lowest BCUT2D eigenvalue weighted by Crippen LogP contribution is -2.08. The molecule has 0 unspecified atom stereocenters. The maximum Gasteiger partial charge on any atom is 0.358 e. The lowest BCUT2D eigenvalue weighted by Gasteiger charge is -2.06. The van der Waals surface area contributed by atoms with Gasteiger partial charge in [-0.05, 0) is 0 Å². The van der Waals surface area contributed by atoms with Crippen molar-refractivity contribution in [3.8, 4) is 11.3 Å². The first kappa shape index (κ1) is 12.2. The zero-order valence-electron chi connectivity index (χ0n) is 10.9. The van der Waals surface area contributed by atoms with Crippen LogP contribution in [-0.2, 0) is 11.8 Å². The molecule has 3 heterocycles. The first-order valence-electron chi connectivity index (χ1n) is 5.87. The Hall–Kier alpha value is -2.83.